The fraction of sp³-hybridized carbons (Fsp3) is 0.148. The Bertz CT molecular complexity index is 1450. The zero-order valence-electron chi connectivity index (χ0n) is 19.7. The number of methoxy groups -OCH3 is 1. The Balaban J connectivity index is 1.53. The minimum absolute atomic E-state index is 0.275. The fourth-order valence-corrected chi connectivity index (χ4v) is 4.41. The van der Waals surface area contributed by atoms with Crippen molar-refractivity contribution in [3.05, 3.63) is 107 Å². The van der Waals surface area contributed by atoms with Gasteiger partial charge in [-0.1, -0.05) is 60.1 Å². The first-order valence-electron chi connectivity index (χ1n) is 11.3. The molecule has 0 aliphatic carbocycles. The maximum absolute atomic E-state index is 13.7. The van der Waals surface area contributed by atoms with Gasteiger partial charge < -0.3 is 20.1 Å². The molecule has 1 amide bonds. The van der Waals surface area contributed by atoms with Crippen molar-refractivity contribution < 1.29 is 14.3 Å². The van der Waals surface area contributed by atoms with Crippen LogP contribution in [-0.4, -0.2) is 27.8 Å². The highest BCUT2D eigenvalue weighted by molar-refractivity contribution is 6.31. The van der Waals surface area contributed by atoms with E-state index in [4.69, 9.17) is 21.1 Å². The molecule has 36 heavy (non-hydrogen) atoms. The minimum atomic E-state index is -0.582. The van der Waals surface area contributed by atoms with Gasteiger partial charge in [0, 0.05) is 21.8 Å². The van der Waals surface area contributed by atoms with Crippen molar-refractivity contribution in [2.24, 2.45) is 0 Å². The number of nitrogens with zero attached hydrogens (tertiary/aromatic N) is 3. The predicted octanol–water partition coefficient (Wildman–Crippen LogP) is 5.45. The van der Waals surface area contributed by atoms with E-state index in [0.717, 1.165) is 11.1 Å². The van der Waals surface area contributed by atoms with Crippen LogP contribution in [0, 0.1) is 0 Å². The number of carbonyl (C=O) groups is 1. The first kappa shape index (κ1) is 23.4. The lowest BCUT2D eigenvalue weighted by Crippen LogP contribution is -2.31. The number of hydrogen-bond donors (Lipinski definition) is 2. The van der Waals surface area contributed by atoms with Crippen molar-refractivity contribution in [3.8, 4) is 11.5 Å². The number of benzene rings is 3. The zero-order valence-corrected chi connectivity index (χ0v) is 20.5. The molecule has 0 saturated heterocycles. The largest absolute Gasteiger partial charge is 0.495 e. The van der Waals surface area contributed by atoms with E-state index in [2.05, 4.69) is 20.7 Å². The zero-order chi connectivity index (χ0) is 25.1. The molecule has 2 heterocycles. The van der Waals surface area contributed by atoms with Crippen molar-refractivity contribution in [2.75, 3.05) is 17.7 Å². The number of fused-ring (bicyclic) bond motifs is 1. The normalized spacial score (nSPS) is 14.6. The average molecular weight is 502 g/mol. The average Bonchev–Trinajstić information content (AvgIpc) is 3.36. The molecule has 0 fully saturated rings. The van der Waals surface area contributed by atoms with E-state index < -0.39 is 6.04 Å². The number of carbonyl (C=O) groups excluding carboxylic acids is 1. The van der Waals surface area contributed by atoms with E-state index >= 15 is 0 Å². The maximum atomic E-state index is 13.7. The Kier molecular flexibility index (Phi) is 6.60. The third-order valence-electron chi connectivity index (χ3n) is 5.95. The molecule has 1 atom stereocenters. The summed E-state index contributed by atoms with van der Waals surface area (Å²) in [6.07, 6.45) is 1.46. The van der Waals surface area contributed by atoms with Crippen LogP contribution >= 0.6 is 11.6 Å². The second-order valence-corrected chi connectivity index (χ2v) is 8.57. The van der Waals surface area contributed by atoms with Crippen molar-refractivity contribution in [2.45, 2.75) is 19.6 Å². The van der Waals surface area contributed by atoms with Crippen LogP contribution in [-0.2, 0) is 11.4 Å². The smallest absolute Gasteiger partial charge is 0.255 e. The minimum Gasteiger partial charge on any atom is -0.495 e. The molecule has 9 heteroatoms. The van der Waals surface area contributed by atoms with E-state index in [-0.39, 0.29) is 12.5 Å². The molecule has 0 saturated carbocycles. The highest BCUT2D eigenvalue weighted by Gasteiger charge is 2.35. The second-order valence-electron chi connectivity index (χ2n) is 8.17. The molecule has 0 radical (unpaired) electrons. The topological polar surface area (TPSA) is 90.3 Å². The summed E-state index contributed by atoms with van der Waals surface area (Å²) in [5, 5.41) is 11.2. The second kappa shape index (κ2) is 10.1. The van der Waals surface area contributed by atoms with Crippen molar-refractivity contribution >= 4 is 29.1 Å². The Morgan fingerprint density at radius 3 is 2.58 bits per heavy atom. The molecule has 1 aliphatic rings. The van der Waals surface area contributed by atoms with Gasteiger partial charge in [0.15, 0.2) is 0 Å². The third-order valence-corrected chi connectivity index (χ3v) is 6.32. The molecule has 3 aromatic carbocycles. The van der Waals surface area contributed by atoms with Gasteiger partial charge in [0.2, 0.25) is 5.95 Å². The Hall–Kier alpha value is -4.30. The Morgan fingerprint density at radius 2 is 1.78 bits per heavy atom. The van der Waals surface area contributed by atoms with Gasteiger partial charge in [-0.2, -0.15) is 10.1 Å². The number of allylic oxidation sites excluding steroid dienone is 1. The third kappa shape index (κ3) is 4.50. The number of nitrogens with one attached hydrogen (secondary N) is 2. The number of hydrogen-bond acceptors (Lipinski definition) is 6. The summed E-state index contributed by atoms with van der Waals surface area (Å²) in [6, 6.07) is 21.8. The number of halogens is 1. The van der Waals surface area contributed by atoms with Crippen LogP contribution in [0.3, 0.4) is 0 Å². The van der Waals surface area contributed by atoms with Gasteiger partial charge in [-0.3, -0.25) is 4.79 Å². The number of amides is 1. The SMILES string of the molecule is COc1ccccc1NC(=O)C1=C(C)Nc2ncnn2[C@H]1c1ccccc1OCc1ccccc1Cl. The number of anilines is 2. The first-order chi connectivity index (χ1) is 17.6. The summed E-state index contributed by atoms with van der Waals surface area (Å²) in [7, 11) is 1.56. The summed E-state index contributed by atoms with van der Waals surface area (Å²) < 4.78 is 13.3. The van der Waals surface area contributed by atoms with Crippen LogP contribution in [0.25, 0.3) is 0 Å². The van der Waals surface area contributed by atoms with Crippen LogP contribution in [0.4, 0.5) is 11.6 Å². The molecular weight excluding hydrogens is 478 g/mol. The molecule has 0 spiro atoms. The molecule has 8 nitrogen and oxygen atoms in total. The molecule has 4 aromatic rings. The van der Waals surface area contributed by atoms with Crippen LogP contribution in [0.5, 0.6) is 11.5 Å². The van der Waals surface area contributed by atoms with Crippen molar-refractivity contribution in [1.29, 1.82) is 0 Å². The highest BCUT2D eigenvalue weighted by atomic mass is 35.5. The lowest BCUT2D eigenvalue weighted by Gasteiger charge is -2.30. The van der Waals surface area contributed by atoms with E-state index in [1.54, 1.807) is 23.9 Å². The predicted molar refractivity (Wildman–Crippen MR) is 138 cm³/mol. The lowest BCUT2D eigenvalue weighted by molar-refractivity contribution is -0.113. The number of ether oxygens (including phenoxy) is 2. The molecule has 5 rings (SSSR count). The quantitative estimate of drug-likeness (QED) is 0.350. The van der Waals surface area contributed by atoms with E-state index in [9.17, 15) is 4.79 Å². The fourth-order valence-electron chi connectivity index (χ4n) is 4.22. The monoisotopic (exact) mass is 501 g/mol. The molecular formula is C27H24ClN5O3. The molecule has 2 N–H and O–H groups in total. The number of para-hydroxylation sites is 3. The van der Waals surface area contributed by atoms with Crippen LogP contribution in [0.1, 0.15) is 24.1 Å². The van der Waals surface area contributed by atoms with Crippen LogP contribution in [0.15, 0.2) is 90.4 Å². The molecule has 182 valence electrons. The number of rotatable bonds is 7. The van der Waals surface area contributed by atoms with Gasteiger partial charge in [-0.25, -0.2) is 4.68 Å². The summed E-state index contributed by atoms with van der Waals surface area (Å²) >= 11 is 6.34. The Labute approximate surface area is 213 Å². The highest BCUT2D eigenvalue weighted by Crippen LogP contribution is 2.40. The molecule has 0 bridgehead atoms. The van der Waals surface area contributed by atoms with E-state index in [0.29, 0.717) is 39.4 Å². The van der Waals surface area contributed by atoms with E-state index in [1.165, 1.54) is 6.33 Å². The molecule has 1 aromatic heterocycles. The number of aromatic nitrogens is 3. The van der Waals surface area contributed by atoms with E-state index in [1.807, 2.05) is 67.6 Å². The van der Waals surface area contributed by atoms with Gasteiger partial charge in [0.05, 0.1) is 18.4 Å². The van der Waals surface area contributed by atoms with Gasteiger partial charge in [0.25, 0.3) is 5.91 Å². The maximum Gasteiger partial charge on any atom is 0.255 e. The standard InChI is InChI=1S/C27H24ClN5O3/c1-17-24(26(34)32-21-12-6-8-14-23(21)35-2)25(33-27(31-17)29-16-30-33)19-10-4-7-13-22(19)36-15-18-9-3-5-11-20(18)28/h3-14,16,25H,15H2,1-2H3,(H,32,34)(H,29,30,31)/t25-/m0/s1. The van der Waals surface area contributed by atoms with Crippen LogP contribution < -0.4 is 20.1 Å². The lowest BCUT2D eigenvalue weighted by atomic mass is 9.94. The summed E-state index contributed by atoms with van der Waals surface area (Å²) in [5.41, 5.74) is 3.34. The van der Waals surface area contributed by atoms with Crippen LogP contribution in [0.2, 0.25) is 5.02 Å². The molecule has 1 aliphatic heterocycles. The molecule has 0 unspecified atom stereocenters. The summed E-state index contributed by atoms with van der Waals surface area (Å²) in [6.45, 7) is 2.12. The summed E-state index contributed by atoms with van der Waals surface area (Å²) in [5.74, 6) is 1.42. The first-order valence-corrected chi connectivity index (χ1v) is 11.7. The van der Waals surface area contributed by atoms with Gasteiger partial charge >= 0.3 is 0 Å². The van der Waals surface area contributed by atoms with Crippen molar-refractivity contribution in [1.82, 2.24) is 14.8 Å². The Morgan fingerprint density at radius 1 is 1.06 bits per heavy atom. The van der Waals surface area contributed by atoms with Gasteiger partial charge in [-0.15, -0.1) is 0 Å². The summed E-state index contributed by atoms with van der Waals surface area (Å²) in [4.78, 5) is 18.0. The van der Waals surface area contributed by atoms with Gasteiger partial charge in [0.1, 0.15) is 30.5 Å². The van der Waals surface area contributed by atoms with Gasteiger partial charge in [-0.05, 0) is 31.2 Å². The van der Waals surface area contributed by atoms with Crippen molar-refractivity contribution in [3.63, 3.8) is 0 Å².